The second kappa shape index (κ2) is 11.6. The van der Waals surface area contributed by atoms with Gasteiger partial charge in [-0.15, -0.1) is 11.3 Å². The number of ether oxygens (including phenoxy) is 1. The van der Waals surface area contributed by atoms with Crippen molar-refractivity contribution in [3.63, 3.8) is 0 Å². The number of carbonyl (C=O) groups is 2. The fourth-order valence-corrected chi connectivity index (χ4v) is 5.12. The van der Waals surface area contributed by atoms with E-state index in [4.69, 9.17) is 4.74 Å². The van der Waals surface area contributed by atoms with Gasteiger partial charge in [-0.2, -0.15) is 0 Å². The van der Waals surface area contributed by atoms with Crippen LogP contribution in [0.5, 0.6) is 0 Å². The molecule has 0 fully saturated rings. The first-order chi connectivity index (χ1) is 17.1. The van der Waals surface area contributed by atoms with Crippen molar-refractivity contribution in [1.29, 1.82) is 0 Å². The molecule has 0 spiro atoms. The highest BCUT2D eigenvalue weighted by Gasteiger charge is 2.24. The number of hydrogen-bond donors (Lipinski definition) is 1. The molecule has 35 heavy (non-hydrogen) atoms. The van der Waals surface area contributed by atoms with Gasteiger partial charge in [-0.25, -0.2) is 4.79 Å². The summed E-state index contributed by atoms with van der Waals surface area (Å²) in [4.78, 5) is 26.2. The Morgan fingerprint density at radius 2 is 1.46 bits per heavy atom. The molecular weight excluding hydrogens is 454 g/mol. The van der Waals surface area contributed by atoms with E-state index in [0.717, 1.165) is 28.7 Å². The van der Waals surface area contributed by atoms with Crippen molar-refractivity contribution in [3.8, 4) is 11.1 Å². The summed E-state index contributed by atoms with van der Waals surface area (Å²) >= 11 is 1.35. The SMILES string of the molecule is CCOC(=O)c1c(-c2ccc(CC)cc2)csc1NC(=O)CC(c1ccccc1)c1ccccc1. The third-order valence-corrected chi connectivity index (χ3v) is 6.89. The van der Waals surface area contributed by atoms with Crippen LogP contribution in [0.25, 0.3) is 11.1 Å². The first-order valence-corrected chi connectivity index (χ1v) is 12.8. The number of rotatable bonds is 9. The quantitative estimate of drug-likeness (QED) is 0.254. The van der Waals surface area contributed by atoms with Crippen LogP contribution in [0.15, 0.2) is 90.3 Å². The fourth-order valence-electron chi connectivity index (χ4n) is 4.15. The molecule has 3 aromatic carbocycles. The van der Waals surface area contributed by atoms with E-state index in [9.17, 15) is 9.59 Å². The van der Waals surface area contributed by atoms with Crippen LogP contribution in [0.2, 0.25) is 0 Å². The normalized spacial score (nSPS) is 10.8. The molecule has 1 heterocycles. The summed E-state index contributed by atoms with van der Waals surface area (Å²) < 4.78 is 5.35. The van der Waals surface area contributed by atoms with Gasteiger partial charge in [-0.3, -0.25) is 4.79 Å². The average Bonchev–Trinajstić information content (AvgIpc) is 3.32. The molecule has 0 saturated carbocycles. The molecule has 178 valence electrons. The number of anilines is 1. The Morgan fingerprint density at radius 3 is 2.00 bits per heavy atom. The van der Waals surface area contributed by atoms with E-state index in [1.54, 1.807) is 6.92 Å². The number of thiophene rings is 1. The van der Waals surface area contributed by atoms with Crippen LogP contribution in [0.3, 0.4) is 0 Å². The Kier molecular flexibility index (Phi) is 8.11. The fraction of sp³-hybridized carbons (Fsp3) is 0.200. The number of nitrogens with one attached hydrogen (secondary N) is 1. The van der Waals surface area contributed by atoms with Crippen LogP contribution in [0.1, 0.15) is 53.2 Å². The highest BCUT2D eigenvalue weighted by atomic mass is 32.1. The molecule has 1 aromatic heterocycles. The van der Waals surface area contributed by atoms with Gasteiger partial charge >= 0.3 is 5.97 Å². The lowest BCUT2D eigenvalue weighted by Gasteiger charge is -2.18. The second-order valence-corrected chi connectivity index (χ2v) is 9.13. The zero-order valence-corrected chi connectivity index (χ0v) is 20.8. The van der Waals surface area contributed by atoms with Gasteiger partial charge in [0, 0.05) is 23.3 Å². The van der Waals surface area contributed by atoms with Gasteiger partial charge in [0.1, 0.15) is 10.6 Å². The number of benzene rings is 3. The minimum Gasteiger partial charge on any atom is -0.462 e. The molecule has 0 unspecified atom stereocenters. The van der Waals surface area contributed by atoms with E-state index in [1.807, 2.05) is 78.2 Å². The predicted molar refractivity (Wildman–Crippen MR) is 143 cm³/mol. The Bertz CT molecular complexity index is 1220. The van der Waals surface area contributed by atoms with E-state index in [1.165, 1.54) is 16.9 Å². The number of esters is 1. The van der Waals surface area contributed by atoms with E-state index in [2.05, 4.69) is 24.4 Å². The second-order valence-electron chi connectivity index (χ2n) is 8.25. The third kappa shape index (κ3) is 5.87. The first-order valence-electron chi connectivity index (χ1n) is 11.9. The topological polar surface area (TPSA) is 55.4 Å². The molecule has 0 aliphatic heterocycles. The molecule has 0 aliphatic rings. The molecule has 1 amide bonds. The standard InChI is InChI=1S/C30H29NO3S/c1-3-21-15-17-24(18-16-21)26-20-35-29(28(26)30(33)34-4-2)31-27(32)19-25(22-11-7-5-8-12-22)23-13-9-6-10-14-23/h5-18,20,25H,3-4,19H2,1-2H3,(H,31,32). The maximum absolute atomic E-state index is 13.3. The molecule has 0 saturated heterocycles. The molecule has 0 radical (unpaired) electrons. The highest BCUT2D eigenvalue weighted by molar-refractivity contribution is 7.15. The molecular formula is C30H29NO3S. The summed E-state index contributed by atoms with van der Waals surface area (Å²) in [5, 5.41) is 5.44. The van der Waals surface area contributed by atoms with Crippen LogP contribution in [-0.2, 0) is 16.0 Å². The van der Waals surface area contributed by atoms with E-state index >= 15 is 0 Å². The lowest BCUT2D eigenvalue weighted by molar-refractivity contribution is -0.116. The van der Waals surface area contributed by atoms with E-state index in [-0.39, 0.29) is 24.9 Å². The van der Waals surface area contributed by atoms with Crippen molar-refractivity contribution >= 4 is 28.2 Å². The molecule has 0 atom stereocenters. The Hall–Kier alpha value is -3.70. The minimum atomic E-state index is -0.429. The van der Waals surface area contributed by atoms with Crippen LogP contribution < -0.4 is 5.32 Å². The van der Waals surface area contributed by atoms with Gasteiger partial charge in [0.15, 0.2) is 0 Å². The molecule has 1 N–H and O–H groups in total. The smallest absolute Gasteiger partial charge is 0.341 e. The van der Waals surface area contributed by atoms with Crippen LogP contribution in [-0.4, -0.2) is 18.5 Å². The largest absolute Gasteiger partial charge is 0.462 e. The summed E-state index contributed by atoms with van der Waals surface area (Å²) in [5.41, 5.74) is 5.47. The van der Waals surface area contributed by atoms with Crippen molar-refractivity contribution in [3.05, 3.63) is 113 Å². The summed E-state index contributed by atoms with van der Waals surface area (Å²) in [6, 6.07) is 28.2. The van der Waals surface area contributed by atoms with Gasteiger partial charge < -0.3 is 10.1 Å². The minimum absolute atomic E-state index is 0.0931. The maximum atomic E-state index is 13.3. The zero-order valence-electron chi connectivity index (χ0n) is 20.0. The number of aryl methyl sites for hydroxylation is 1. The third-order valence-electron chi connectivity index (χ3n) is 5.99. The van der Waals surface area contributed by atoms with Crippen LogP contribution >= 0.6 is 11.3 Å². The maximum Gasteiger partial charge on any atom is 0.341 e. The van der Waals surface area contributed by atoms with Crippen molar-refractivity contribution < 1.29 is 14.3 Å². The summed E-state index contributed by atoms with van der Waals surface area (Å²) in [7, 11) is 0. The van der Waals surface area contributed by atoms with Gasteiger partial charge in [0.25, 0.3) is 0 Å². The van der Waals surface area contributed by atoms with Crippen molar-refractivity contribution in [1.82, 2.24) is 0 Å². The van der Waals surface area contributed by atoms with Gasteiger partial charge in [0.05, 0.1) is 6.61 Å². The summed E-state index contributed by atoms with van der Waals surface area (Å²) in [6.45, 7) is 4.15. The van der Waals surface area contributed by atoms with Crippen molar-refractivity contribution in [2.45, 2.75) is 32.6 Å². The van der Waals surface area contributed by atoms with Crippen molar-refractivity contribution in [2.24, 2.45) is 0 Å². The average molecular weight is 484 g/mol. The molecule has 4 rings (SSSR count). The number of carbonyl (C=O) groups excluding carboxylic acids is 2. The van der Waals surface area contributed by atoms with Gasteiger partial charge in [-0.05, 0) is 35.6 Å². The van der Waals surface area contributed by atoms with Crippen molar-refractivity contribution in [2.75, 3.05) is 11.9 Å². The number of hydrogen-bond acceptors (Lipinski definition) is 4. The first kappa shape index (κ1) is 24.4. The van der Waals surface area contributed by atoms with Gasteiger partial charge in [0.2, 0.25) is 5.91 Å². The van der Waals surface area contributed by atoms with Gasteiger partial charge in [-0.1, -0.05) is 91.9 Å². The number of amides is 1. The summed E-state index contributed by atoms with van der Waals surface area (Å²) in [5.74, 6) is -0.672. The lowest BCUT2D eigenvalue weighted by Crippen LogP contribution is -2.18. The van der Waals surface area contributed by atoms with Crippen LogP contribution in [0.4, 0.5) is 5.00 Å². The molecule has 5 heteroatoms. The summed E-state index contributed by atoms with van der Waals surface area (Å²) in [6.07, 6.45) is 1.20. The zero-order chi connectivity index (χ0) is 24.6. The van der Waals surface area contributed by atoms with E-state index < -0.39 is 5.97 Å². The highest BCUT2D eigenvalue weighted by Crippen LogP contribution is 2.37. The molecule has 4 aromatic rings. The monoisotopic (exact) mass is 483 g/mol. The Labute approximate surface area is 210 Å². The molecule has 0 bridgehead atoms. The lowest BCUT2D eigenvalue weighted by atomic mass is 9.88. The molecule has 4 nitrogen and oxygen atoms in total. The predicted octanol–water partition coefficient (Wildman–Crippen LogP) is 7.31. The Morgan fingerprint density at radius 1 is 0.857 bits per heavy atom. The van der Waals surface area contributed by atoms with E-state index in [0.29, 0.717) is 10.6 Å². The Balaban J connectivity index is 1.62. The molecule has 0 aliphatic carbocycles. The van der Waals surface area contributed by atoms with Crippen LogP contribution in [0, 0.1) is 0 Å².